The summed E-state index contributed by atoms with van der Waals surface area (Å²) in [7, 11) is 0. The van der Waals surface area contributed by atoms with Crippen LogP contribution in [0.25, 0.3) is 0 Å². The van der Waals surface area contributed by atoms with Crippen LogP contribution in [-0.2, 0) is 13.0 Å². The number of hydrogen-bond acceptors (Lipinski definition) is 3. The van der Waals surface area contributed by atoms with Crippen molar-refractivity contribution in [2.75, 3.05) is 0 Å². The Morgan fingerprint density at radius 2 is 2.20 bits per heavy atom. The maximum absolute atomic E-state index is 11.1. The molecule has 0 bridgehead atoms. The van der Waals surface area contributed by atoms with Gasteiger partial charge in [-0.3, -0.25) is 4.79 Å². The van der Waals surface area contributed by atoms with E-state index in [1.807, 2.05) is 30.3 Å². The molecule has 0 radical (unpaired) electrons. The van der Waals surface area contributed by atoms with E-state index in [1.165, 1.54) is 0 Å². The molecule has 0 fully saturated rings. The lowest BCUT2D eigenvalue weighted by Crippen LogP contribution is -2.26. The third kappa shape index (κ3) is 4.24. The van der Waals surface area contributed by atoms with Gasteiger partial charge in [0.25, 0.3) is 0 Å². The minimum Gasteiger partial charge on any atom is -0.469 e. The van der Waals surface area contributed by atoms with Crippen LogP contribution in [0.3, 0.4) is 0 Å². The second-order valence-corrected chi connectivity index (χ2v) is 4.96. The fraction of sp³-hybridized carbons (Fsp3) is 0.312. The number of carbonyl (C=O) groups excluding carboxylic acids is 1. The maximum Gasteiger partial charge on any atom is 0.248 e. The van der Waals surface area contributed by atoms with E-state index in [9.17, 15) is 4.79 Å². The summed E-state index contributed by atoms with van der Waals surface area (Å²) in [6, 6.07) is 11.7. The molecule has 0 aliphatic heterocycles. The van der Waals surface area contributed by atoms with Gasteiger partial charge in [-0.2, -0.15) is 0 Å². The Hall–Kier alpha value is -2.07. The first kappa shape index (κ1) is 14.3. The third-order valence-corrected chi connectivity index (χ3v) is 3.27. The van der Waals surface area contributed by atoms with Crippen molar-refractivity contribution in [3.05, 3.63) is 59.5 Å². The van der Waals surface area contributed by atoms with Crippen LogP contribution in [0, 0.1) is 0 Å². The molecule has 0 aliphatic carbocycles. The molecule has 0 saturated carbocycles. The van der Waals surface area contributed by atoms with Gasteiger partial charge >= 0.3 is 0 Å². The molecule has 2 rings (SSSR count). The Labute approximate surface area is 119 Å². The Kier molecular flexibility index (Phi) is 4.96. The zero-order chi connectivity index (χ0) is 14.4. The standard InChI is InChI=1S/C16H20N2O2/c1-12(7-8-15-6-3-9-20-15)18-11-13-4-2-5-14(10-13)16(17)19/h2-6,9-10,12,18H,7-8,11H2,1H3,(H2,17,19). The minimum absolute atomic E-state index is 0.373. The maximum atomic E-state index is 11.1. The summed E-state index contributed by atoms with van der Waals surface area (Å²) in [5.41, 5.74) is 6.88. The number of nitrogens with two attached hydrogens (primary N) is 1. The van der Waals surface area contributed by atoms with Crippen LogP contribution in [-0.4, -0.2) is 11.9 Å². The van der Waals surface area contributed by atoms with Gasteiger partial charge in [0.15, 0.2) is 0 Å². The van der Waals surface area contributed by atoms with Gasteiger partial charge in [0, 0.05) is 24.6 Å². The molecule has 20 heavy (non-hydrogen) atoms. The van der Waals surface area contributed by atoms with Crippen LogP contribution in [0.4, 0.5) is 0 Å². The van der Waals surface area contributed by atoms with Crippen molar-refractivity contribution >= 4 is 5.91 Å². The summed E-state index contributed by atoms with van der Waals surface area (Å²) in [6.45, 7) is 2.86. The molecule has 106 valence electrons. The fourth-order valence-electron chi connectivity index (χ4n) is 2.04. The number of hydrogen-bond donors (Lipinski definition) is 2. The van der Waals surface area contributed by atoms with Gasteiger partial charge in [-0.05, 0) is 43.2 Å². The van der Waals surface area contributed by atoms with Crippen molar-refractivity contribution in [2.24, 2.45) is 5.73 Å². The molecule has 1 amide bonds. The summed E-state index contributed by atoms with van der Waals surface area (Å²) >= 11 is 0. The predicted octanol–water partition coefficient (Wildman–Crippen LogP) is 2.49. The summed E-state index contributed by atoms with van der Waals surface area (Å²) in [5.74, 6) is 0.618. The first-order valence-electron chi connectivity index (χ1n) is 6.79. The highest BCUT2D eigenvalue weighted by atomic mass is 16.3. The van der Waals surface area contributed by atoms with E-state index < -0.39 is 5.91 Å². The average molecular weight is 272 g/mol. The number of primary amides is 1. The summed E-state index contributed by atoms with van der Waals surface area (Å²) in [4.78, 5) is 11.1. The lowest BCUT2D eigenvalue weighted by atomic mass is 10.1. The van der Waals surface area contributed by atoms with Gasteiger partial charge in [0.05, 0.1) is 6.26 Å². The third-order valence-electron chi connectivity index (χ3n) is 3.27. The Bertz CT molecular complexity index is 549. The molecule has 4 nitrogen and oxygen atoms in total. The van der Waals surface area contributed by atoms with E-state index in [4.69, 9.17) is 10.2 Å². The van der Waals surface area contributed by atoms with E-state index in [0.717, 1.165) is 30.7 Å². The lowest BCUT2D eigenvalue weighted by Gasteiger charge is -2.13. The molecule has 1 atom stereocenters. The number of furan rings is 1. The summed E-state index contributed by atoms with van der Waals surface area (Å²) < 4.78 is 5.31. The smallest absolute Gasteiger partial charge is 0.248 e. The molecule has 0 aliphatic rings. The van der Waals surface area contributed by atoms with Crippen molar-refractivity contribution in [3.63, 3.8) is 0 Å². The summed E-state index contributed by atoms with van der Waals surface area (Å²) in [6.07, 6.45) is 3.62. The molecule has 1 aromatic heterocycles. The Balaban J connectivity index is 1.79. The molecule has 3 N–H and O–H groups in total. The van der Waals surface area contributed by atoms with Gasteiger partial charge < -0.3 is 15.5 Å². The second-order valence-electron chi connectivity index (χ2n) is 4.96. The van der Waals surface area contributed by atoms with Crippen LogP contribution in [0.5, 0.6) is 0 Å². The van der Waals surface area contributed by atoms with Crippen molar-refractivity contribution in [2.45, 2.75) is 32.4 Å². The Morgan fingerprint density at radius 1 is 1.35 bits per heavy atom. The highest BCUT2D eigenvalue weighted by Crippen LogP contribution is 2.08. The van der Waals surface area contributed by atoms with Gasteiger partial charge in [0.1, 0.15) is 5.76 Å². The van der Waals surface area contributed by atoms with E-state index in [-0.39, 0.29) is 0 Å². The first-order chi connectivity index (χ1) is 9.65. The topological polar surface area (TPSA) is 68.3 Å². The van der Waals surface area contributed by atoms with Crippen LogP contribution >= 0.6 is 0 Å². The second kappa shape index (κ2) is 6.91. The predicted molar refractivity (Wildman–Crippen MR) is 78.3 cm³/mol. The number of amides is 1. The number of carbonyl (C=O) groups is 1. The van der Waals surface area contributed by atoms with E-state index in [1.54, 1.807) is 12.3 Å². The van der Waals surface area contributed by atoms with Crippen molar-refractivity contribution in [1.82, 2.24) is 5.32 Å². The van der Waals surface area contributed by atoms with Crippen molar-refractivity contribution in [3.8, 4) is 0 Å². The highest BCUT2D eigenvalue weighted by molar-refractivity contribution is 5.92. The average Bonchev–Trinajstić information content (AvgIpc) is 2.96. The van der Waals surface area contributed by atoms with E-state index in [0.29, 0.717) is 11.6 Å². The largest absolute Gasteiger partial charge is 0.469 e. The van der Waals surface area contributed by atoms with E-state index in [2.05, 4.69) is 12.2 Å². The highest BCUT2D eigenvalue weighted by Gasteiger charge is 2.05. The molecule has 1 unspecified atom stereocenters. The van der Waals surface area contributed by atoms with Crippen LogP contribution in [0.15, 0.2) is 47.1 Å². The molecule has 2 aromatic rings. The monoisotopic (exact) mass is 272 g/mol. The van der Waals surface area contributed by atoms with Crippen LogP contribution in [0.1, 0.15) is 35.0 Å². The van der Waals surface area contributed by atoms with Crippen molar-refractivity contribution < 1.29 is 9.21 Å². The molecule has 0 spiro atoms. The molecular weight excluding hydrogens is 252 g/mol. The van der Waals surface area contributed by atoms with Gasteiger partial charge in [0.2, 0.25) is 5.91 Å². The Morgan fingerprint density at radius 3 is 2.90 bits per heavy atom. The van der Waals surface area contributed by atoms with E-state index >= 15 is 0 Å². The molecule has 4 heteroatoms. The zero-order valence-electron chi connectivity index (χ0n) is 11.6. The normalized spacial score (nSPS) is 12.2. The van der Waals surface area contributed by atoms with Gasteiger partial charge in [-0.15, -0.1) is 0 Å². The van der Waals surface area contributed by atoms with Gasteiger partial charge in [-0.1, -0.05) is 12.1 Å². The SMILES string of the molecule is CC(CCc1ccco1)NCc1cccc(C(N)=O)c1. The first-order valence-corrected chi connectivity index (χ1v) is 6.79. The number of benzene rings is 1. The fourth-order valence-corrected chi connectivity index (χ4v) is 2.04. The molecular formula is C16H20N2O2. The minimum atomic E-state index is -0.391. The molecule has 0 saturated heterocycles. The van der Waals surface area contributed by atoms with Crippen LogP contribution < -0.4 is 11.1 Å². The number of rotatable bonds is 7. The van der Waals surface area contributed by atoms with Crippen LogP contribution in [0.2, 0.25) is 0 Å². The summed E-state index contributed by atoms with van der Waals surface area (Å²) in [5, 5.41) is 3.43. The molecule has 1 heterocycles. The number of nitrogens with one attached hydrogen (secondary N) is 1. The molecule has 1 aromatic carbocycles. The van der Waals surface area contributed by atoms with Crippen molar-refractivity contribution in [1.29, 1.82) is 0 Å². The lowest BCUT2D eigenvalue weighted by molar-refractivity contribution is 0.1000. The quantitative estimate of drug-likeness (QED) is 0.813. The van der Waals surface area contributed by atoms with Gasteiger partial charge in [-0.25, -0.2) is 0 Å². The zero-order valence-corrected chi connectivity index (χ0v) is 11.6. The number of aryl methyl sites for hydroxylation is 1.